The number of hydrogen-bond donors (Lipinski definition) is 0. The maximum atomic E-state index is 14.4. The molecule has 0 aliphatic carbocycles. The highest BCUT2D eigenvalue weighted by atomic mass is 32.2. The van der Waals surface area contributed by atoms with E-state index in [9.17, 15) is 4.79 Å². The van der Waals surface area contributed by atoms with Crippen LogP contribution in [0, 0.1) is 0 Å². The summed E-state index contributed by atoms with van der Waals surface area (Å²) in [5.41, 5.74) is 0.129. The first-order chi connectivity index (χ1) is 17.2. The van der Waals surface area contributed by atoms with Crippen LogP contribution in [-0.4, -0.2) is 51.9 Å². The van der Waals surface area contributed by atoms with Crippen molar-refractivity contribution < 1.29 is 18.8 Å². The molecule has 2 bridgehead atoms. The minimum Gasteiger partial charge on any atom is -0.459 e. The number of thioether (sulfide) groups is 1. The Balaban J connectivity index is 1.48. The number of carbonyl (C=O) groups is 1. The molecular formula is C31H42NO3S+. The maximum absolute atomic E-state index is 14.4. The van der Waals surface area contributed by atoms with Crippen LogP contribution in [0.2, 0.25) is 0 Å². The number of quaternary nitrogens is 1. The van der Waals surface area contributed by atoms with Gasteiger partial charge in [0.1, 0.15) is 11.5 Å². The molecule has 5 heteroatoms. The number of benzene rings is 2. The second kappa shape index (κ2) is 10.2. The van der Waals surface area contributed by atoms with Crippen molar-refractivity contribution in [2.24, 2.45) is 0 Å². The van der Waals surface area contributed by atoms with Crippen LogP contribution in [0.5, 0.6) is 0 Å². The third kappa shape index (κ3) is 4.87. The van der Waals surface area contributed by atoms with Gasteiger partial charge in [0.05, 0.1) is 25.2 Å². The molecule has 0 radical (unpaired) electrons. The Morgan fingerprint density at radius 3 is 1.86 bits per heavy atom. The SMILES string of the molecule is CC(OC(C(=O)OC1CC2CCC(C1)[N+]21CCCC1)(c1ccccc1)c1ccccc1)SC(C)(C)C. The Morgan fingerprint density at radius 1 is 0.889 bits per heavy atom. The van der Waals surface area contributed by atoms with Gasteiger partial charge in [-0.15, -0.1) is 11.8 Å². The number of esters is 1. The Hall–Kier alpha value is -1.82. The second-order valence-corrected chi connectivity index (χ2v) is 14.1. The van der Waals surface area contributed by atoms with Crippen molar-refractivity contribution in [2.45, 2.75) is 100 Å². The largest absolute Gasteiger partial charge is 0.459 e. The highest BCUT2D eigenvalue weighted by Crippen LogP contribution is 2.47. The van der Waals surface area contributed by atoms with Crippen LogP contribution >= 0.6 is 11.8 Å². The van der Waals surface area contributed by atoms with Crippen molar-refractivity contribution in [1.29, 1.82) is 0 Å². The monoisotopic (exact) mass is 508 g/mol. The van der Waals surface area contributed by atoms with Crippen LogP contribution in [0.1, 0.15) is 77.3 Å². The molecule has 3 unspecified atom stereocenters. The fourth-order valence-corrected chi connectivity index (χ4v) is 8.43. The summed E-state index contributed by atoms with van der Waals surface area (Å²) < 4.78 is 14.6. The van der Waals surface area contributed by atoms with Gasteiger partial charge >= 0.3 is 5.97 Å². The summed E-state index contributed by atoms with van der Waals surface area (Å²) in [6.45, 7) is 11.2. The van der Waals surface area contributed by atoms with E-state index in [1.165, 1.54) is 43.3 Å². The topological polar surface area (TPSA) is 35.5 Å². The molecule has 0 aromatic heterocycles. The lowest BCUT2D eigenvalue weighted by atomic mass is 9.85. The zero-order valence-corrected chi connectivity index (χ0v) is 23.1. The van der Waals surface area contributed by atoms with Crippen LogP contribution in [0.4, 0.5) is 0 Å². The molecule has 0 amide bonds. The minimum absolute atomic E-state index is 0.00147. The van der Waals surface area contributed by atoms with Gasteiger partial charge in [-0.05, 0) is 18.1 Å². The molecule has 3 fully saturated rings. The normalized spacial score (nSPS) is 26.2. The fraction of sp³-hybridized carbons (Fsp3) is 0.581. The minimum atomic E-state index is -1.31. The van der Waals surface area contributed by atoms with Gasteiger partial charge in [-0.2, -0.15) is 0 Å². The third-order valence-corrected chi connectivity index (χ3v) is 9.68. The molecule has 3 aliphatic heterocycles. The zero-order chi connectivity index (χ0) is 25.4. The highest BCUT2D eigenvalue weighted by molar-refractivity contribution is 8.01. The average molecular weight is 509 g/mol. The molecule has 3 aliphatic rings. The highest BCUT2D eigenvalue weighted by Gasteiger charge is 2.57. The maximum Gasteiger partial charge on any atom is 0.348 e. The first-order valence-corrected chi connectivity index (χ1v) is 14.7. The Kier molecular flexibility index (Phi) is 7.28. The molecule has 2 aromatic rings. The van der Waals surface area contributed by atoms with Gasteiger partial charge in [-0.3, -0.25) is 0 Å². The van der Waals surface area contributed by atoms with Crippen molar-refractivity contribution in [3.8, 4) is 0 Å². The third-order valence-electron chi connectivity index (χ3n) is 8.54. The molecule has 194 valence electrons. The molecule has 5 rings (SSSR count). The number of ether oxygens (including phenoxy) is 2. The standard InChI is InChI=1S/C31H42NO3S/c1-23(36-30(2,3)4)35-31(24-13-7-5-8-14-24,25-15-9-6-10-16-25)29(33)34-28-21-26-17-18-27(22-28)32(26)19-11-12-20-32/h5-10,13-16,23,26-28H,11-12,17-22H2,1-4H3/q+1. The second-order valence-electron chi connectivity index (χ2n) is 12.0. The van der Waals surface area contributed by atoms with Crippen molar-refractivity contribution in [2.75, 3.05) is 13.1 Å². The average Bonchev–Trinajstić information content (AvgIpc) is 3.39. The number of carbonyl (C=O) groups excluding carboxylic acids is 1. The fourth-order valence-electron chi connectivity index (χ4n) is 7.24. The Labute approximate surface area is 221 Å². The first-order valence-electron chi connectivity index (χ1n) is 13.8. The van der Waals surface area contributed by atoms with Gasteiger partial charge in [-0.1, -0.05) is 81.4 Å². The quantitative estimate of drug-likeness (QED) is 0.238. The molecule has 3 atom stereocenters. The van der Waals surface area contributed by atoms with E-state index >= 15 is 0 Å². The number of rotatable bonds is 7. The number of piperidine rings is 1. The van der Waals surface area contributed by atoms with E-state index in [0.29, 0.717) is 12.1 Å². The van der Waals surface area contributed by atoms with Crippen molar-refractivity contribution in [3.63, 3.8) is 0 Å². The summed E-state index contributed by atoms with van der Waals surface area (Å²) in [6.07, 6.45) is 7.16. The summed E-state index contributed by atoms with van der Waals surface area (Å²) in [5.74, 6) is -0.277. The summed E-state index contributed by atoms with van der Waals surface area (Å²) in [6, 6.07) is 21.2. The molecule has 4 nitrogen and oxygen atoms in total. The van der Waals surface area contributed by atoms with Crippen LogP contribution < -0.4 is 0 Å². The van der Waals surface area contributed by atoms with Crippen molar-refractivity contribution >= 4 is 17.7 Å². The van der Waals surface area contributed by atoms with E-state index in [-0.39, 0.29) is 22.3 Å². The van der Waals surface area contributed by atoms with Gasteiger partial charge in [0.2, 0.25) is 5.60 Å². The predicted octanol–water partition coefficient (Wildman–Crippen LogP) is 6.67. The lowest BCUT2D eigenvalue weighted by molar-refractivity contribution is -0.956. The van der Waals surface area contributed by atoms with Crippen LogP contribution in [0.3, 0.4) is 0 Å². The molecule has 2 aromatic carbocycles. The zero-order valence-electron chi connectivity index (χ0n) is 22.3. The van der Waals surface area contributed by atoms with Crippen LogP contribution in [-0.2, 0) is 19.9 Å². The van der Waals surface area contributed by atoms with Crippen LogP contribution in [0.15, 0.2) is 60.7 Å². The Morgan fingerprint density at radius 2 is 1.39 bits per heavy atom. The predicted molar refractivity (Wildman–Crippen MR) is 147 cm³/mol. The van der Waals surface area contributed by atoms with E-state index in [1.807, 2.05) is 67.6 Å². The van der Waals surface area contributed by atoms with E-state index < -0.39 is 5.60 Å². The molecule has 1 spiro atoms. The van der Waals surface area contributed by atoms with E-state index in [0.717, 1.165) is 24.0 Å². The molecule has 3 saturated heterocycles. The molecule has 36 heavy (non-hydrogen) atoms. The summed E-state index contributed by atoms with van der Waals surface area (Å²) >= 11 is 1.73. The molecule has 0 saturated carbocycles. The van der Waals surface area contributed by atoms with E-state index in [2.05, 4.69) is 20.8 Å². The molecule has 3 heterocycles. The summed E-state index contributed by atoms with van der Waals surface area (Å²) in [7, 11) is 0. The first kappa shape index (κ1) is 25.8. The smallest absolute Gasteiger partial charge is 0.348 e. The van der Waals surface area contributed by atoms with Gasteiger partial charge in [0.15, 0.2) is 0 Å². The lowest BCUT2D eigenvalue weighted by Gasteiger charge is -2.47. The van der Waals surface area contributed by atoms with Gasteiger partial charge in [-0.25, -0.2) is 4.79 Å². The Bertz CT molecular complexity index is 973. The van der Waals surface area contributed by atoms with Crippen molar-refractivity contribution in [1.82, 2.24) is 0 Å². The number of hydrogen-bond acceptors (Lipinski definition) is 4. The lowest BCUT2D eigenvalue weighted by Crippen LogP contribution is -2.60. The van der Waals surface area contributed by atoms with E-state index in [1.54, 1.807) is 11.8 Å². The van der Waals surface area contributed by atoms with Gasteiger partial charge < -0.3 is 14.0 Å². The molecule has 0 N–H and O–H groups in total. The van der Waals surface area contributed by atoms with Crippen molar-refractivity contribution in [3.05, 3.63) is 71.8 Å². The van der Waals surface area contributed by atoms with E-state index in [4.69, 9.17) is 9.47 Å². The summed E-state index contributed by atoms with van der Waals surface area (Å²) in [5, 5.41) is 0. The summed E-state index contributed by atoms with van der Waals surface area (Å²) in [4.78, 5) is 14.4. The van der Waals surface area contributed by atoms with Gasteiger partial charge in [0.25, 0.3) is 0 Å². The van der Waals surface area contributed by atoms with Gasteiger partial charge in [0, 0.05) is 43.3 Å². The van der Waals surface area contributed by atoms with Crippen LogP contribution in [0.25, 0.3) is 0 Å². The number of nitrogens with zero attached hydrogens (tertiary/aromatic N) is 1. The molecular weight excluding hydrogens is 466 g/mol.